The fourth-order valence-electron chi connectivity index (χ4n) is 3.80. The molecular weight excluding hydrogens is 380 g/mol. The molecule has 0 radical (unpaired) electrons. The van der Waals surface area contributed by atoms with E-state index in [1.165, 1.54) is 21.2 Å². The molecule has 154 valence electrons. The maximum absolute atomic E-state index is 5.91. The first-order valence-electron chi connectivity index (χ1n) is 10.4. The predicted molar refractivity (Wildman–Crippen MR) is 121 cm³/mol. The van der Waals surface area contributed by atoms with Gasteiger partial charge < -0.3 is 9.47 Å². The smallest absolute Gasteiger partial charge is 0.118 e. The van der Waals surface area contributed by atoms with Crippen molar-refractivity contribution in [3.63, 3.8) is 0 Å². The lowest BCUT2D eigenvalue weighted by molar-refractivity contribution is 0.0747. The second kappa shape index (κ2) is 10.2. The minimum absolute atomic E-state index is 0.800. The van der Waals surface area contributed by atoms with E-state index in [1.807, 2.05) is 23.5 Å². The molecule has 1 aliphatic heterocycles. The van der Waals surface area contributed by atoms with Crippen LogP contribution < -0.4 is 4.74 Å². The maximum atomic E-state index is 5.91. The zero-order chi connectivity index (χ0) is 19.9. The summed E-state index contributed by atoms with van der Waals surface area (Å²) >= 11 is 1.81. The highest BCUT2D eigenvalue weighted by atomic mass is 32.1. The van der Waals surface area contributed by atoms with Gasteiger partial charge in [0.2, 0.25) is 0 Å². The molecule has 0 saturated carbocycles. The molecule has 0 spiro atoms. The Hall–Kier alpha value is -1.92. The molecule has 4 rings (SSSR count). The summed E-state index contributed by atoms with van der Waals surface area (Å²) in [7, 11) is 1.71. The molecular formula is C24H30N2O2S. The molecule has 29 heavy (non-hydrogen) atoms. The van der Waals surface area contributed by atoms with Gasteiger partial charge in [-0.2, -0.15) is 0 Å². The molecule has 1 saturated heterocycles. The van der Waals surface area contributed by atoms with Crippen LogP contribution in [0.2, 0.25) is 0 Å². The Bertz CT molecular complexity index is 885. The average molecular weight is 411 g/mol. The first kappa shape index (κ1) is 20.4. The van der Waals surface area contributed by atoms with E-state index in [0.717, 1.165) is 64.7 Å². The quantitative estimate of drug-likeness (QED) is 0.492. The van der Waals surface area contributed by atoms with Gasteiger partial charge in [0.05, 0.1) is 20.3 Å². The molecule has 2 aromatic carbocycles. The van der Waals surface area contributed by atoms with E-state index in [9.17, 15) is 0 Å². The Morgan fingerprint density at radius 3 is 2.41 bits per heavy atom. The van der Waals surface area contributed by atoms with E-state index in [-0.39, 0.29) is 0 Å². The van der Waals surface area contributed by atoms with Gasteiger partial charge in [-0.25, -0.2) is 0 Å². The van der Waals surface area contributed by atoms with Crippen LogP contribution in [0.15, 0.2) is 53.9 Å². The summed E-state index contributed by atoms with van der Waals surface area (Å²) in [4.78, 5) is 5.04. The highest BCUT2D eigenvalue weighted by Crippen LogP contribution is 2.22. The van der Waals surface area contributed by atoms with Crippen molar-refractivity contribution >= 4 is 21.4 Å². The number of hydrogen-bond acceptors (Lipinski definition) is 5. The number of fused-ring (bicyclic) bond motifs is 1. The number of nitrogens with zero attached hydrogens (tertiary/aromatic N) is 2. The summed E-state index contributed by atoms with van der Waals surface area (Å²) in [6.45, 7) is 8.14. The number of rotatable bonds is 9. The second-order valence-electron chi connectivity index (χ2n) is 7.62. The standard InChI is InChI=1S/C24H30N2O2S/c1-27-23-6-3-21(4-7-23)19-26-12-10-25(11-13-26)14-16-28-15-8-20-2-5-22-9-17-29-24(22)18-20/h2-7,9,17-18H,8,10-16,19H2,1H3. The first-order valence-corrected chi connectivity index (χ1v) is 11.3. The maximum Gasteiger partial charge on any atom is 0.118 e. The summed E-state index contributed by atoms with van der Waals surface area (Å²) < 4.78 is 12.5. The van der Waals surface area contributed by atoms with Gasteiger partial charge in [-0.1, -0.05) is 24.3 Å². The van der Waals surface area contributed by atoms with Crippen molar-refractivity contribution < 1.29 is 9.47 Å². The van der Waals surface area contributed by atoms with Gasteiger partial charge >= 0.3 is 0 Å². The SMILES string of the molecule is COc1ccc(CN2CCN(CCOCCc3ccc4ccsc4c3)CC2)cc1. The zero-order valence-corrected chi connectivity index (χ0v) is 18.0. The third kappa shape index (κ3) is 5.80. The molecule has 1 aliphatic rings. The van der Waals surface area contributed by atoms with Crippen LogP contribution in [0, 0.1) is 0 Å². The van der Waals surface area contributed by atoms with Crippen molar-refractivity contribution in [2.75, 3.05) is 53.0 Å². The van der Waals surface area contributed by atoms with Gasteiger partial charge in [0.25, 0.3) is 0 Å². The third-order valence-electron chi connectivity index (χ3n) is 5.64. The Morgan fingerprint density at radius 1 is 0.862 bits per heavy atom. The number of piperazine rings is 1. The van der Waals surface area contributed by atoms with Crippen molar-refractivity contribution in [2.24, 2.45) is 0 Å². The molecule has 0 unspecified atom stereocenters. The van der Waals surface area contributed by atoms with Crippen molar-refractivity contribution in [2.45, 2.75) is 13.0 Å². The molecule has 2 heterocycles. The minimum atomic E-state index is 0.800. The molecule has 1 fully saturated rings. The van der Waals surface area contributed by atoms with E-state index in [1.54, 1.807) is 7.11 Å². The fraction of sp³-hybridized carbons (Fsp3) is 0.417. The summed E-state index contributed by atoms with van der Waals surface area (Å²) in [5, 5.41) is 3.49. The van der Waals surface area contributed by atoms with Gasteiger partial charge in [-0.05, 0) is 52.6 Å². The molecule has 5 heteroatoms. The Balaban J connectivity index is 1.10. The minimum Gasteiger partial charge on any atom is -0.497 e. The third-order valence-corrected chi connectivity index (χ3v) is 6.52. The molecule has 0 aliphatic carbocycles. The van der Waals surface area contributed by atoms with Crippen LogP contribution in [0.1, 0.15) is 11.1 Å². The van der Waals surface area contributed by atoms with Crippen molar-refractivity contribution in [1.82, 2.24) is 9.80 Å². The molecule has 0 atom stereocenters. The van der Waals surface area contributed by atoms with E-state index < -0.39 is 0 Å². The second-order valence-corrected chi connectivity index (χ2v) is 8.57. The van der Waals surface area contributed by atoms with Gasteiger partial charge in [-0.15, -0.1) is 11.3 Å². The highest BCUT2D eigenvalue weighted by Gasteiger charge is 2.16. The van der Waals surface area contributed by atoms with Crippen LogP contribution in [0.5, 0.6) is 5.75 Å². The summed E-state index contributed by atoms with van der Waals surface area (Å²) in [5.41, 5.74) is 2.72. The number of benzene rings is 2. The number of methoxy groups -OCH3 is 1. The molecule has 0 bridgehead atoms. The Labute approximate surface area is 177 Å². The highest BCUT2D eigenvalue weighted by molar-refractivity contribution is 7.17. The van der Waals surface area contributed by atoms with Crippen molar-refractivity contribution in [3.05, 3.63) is 65.0 Å². The van der Waals surface area contributed by atoms with Gasteiger partial charge in [-0.3, -0.25) is 9.80 Å². The van der Waals surface area contributed by atoms with E-state index >= 15 is 0 Å². The average Bonchev–Trinajstić information content (AvgIpc) is 3.23. The van der Waals surface area contributed by atoms with Gasteiger partial charge in [0.15, 0.2) is 0 Å². The molecule has 4 nitrogen and oxygen atoms in total. The number of ether oxygens (including phenoxy) is 2. The normalized spacial score (nSPS) is 15.8. The largest absolute Gasteiger partial charge is 0.497 e. The van der Waals surface area contributed by atoms with Gasteiger partial charge in [0, 0.05) is 44.0 Å². The zero-order valence-electron chi connectivity index (χ0n) is 17.2. The molecule has 0 N–H and O–H groups in total. The summed E-state index contributed by atoms with van der Waals surface area (Å²) in [6.07, 6.45) is 0.990. The molecule has 0 amide bonds. The first-order chi connectivity index (χ1) is 14.3. The van der Waals surface area contributed by atoms with E-state index in [4.69, 9.17) is 9.47 Å². The van der Waals surface area contributed by atoms with Crippen LogP contribution >= 0.6 is 11.3 Å². The molecule has 3 aromatic rings. The lowest BCUT2D eigenvalue weighted by atomic mass is 10.1. The van der Waals surface area contributed by atoms with Crippen LogP contribution in [0.25, 0.3) is 10.1 Å². The van der Waals surface area contributed by atoms with Crippen LogP contribution in [0.4, 0.5) is 0 Å². The van der Waals surface area contributed by atoms with E-state index in [0.29, 0.717) is 0 Å². The molecule has 1 aromatic heterocycles. The van der Waals surface area contributed by atoms with E-state index in [2.05, 4.69) is 51.6 Å². The van der Waals surface area contributed by atoms with Crippen LogP contribution in [-0.2, 0) is 17.7 Å². The summed E-state index contributed by atoms with van der Waals surface area (Å²) in [5.74, 6) is 0.922. The van der Waals surface area contributed by atoms with Crippen LogP contribution in [-0.4, -0.2) is 62.8 Å². The van der Waals surface area contributed by atoms with Crippen LogP contribution in [0.3, 0.4) is 0 Å². The predicted octanol–water partition coefficient (Wildman–Crippen LogP) is 4.29. The van der Waals surface area contributed by atoms with Crippen molar-refractivity contribution in [3.8, 4) is 5.75 Å². The topological polar surface area (TPSA) is 24.9 Å². The number of hydrogen-bond donors (Lipinski definition) is 0. The lowest BCUT2D eigenvalue weighted by Crippen LogP contribution is -2.46. The monoisotopic (exact) mass is 410 g/mol. The van der Waals surface area contributed by atoms with Crippen molar-refractivity contribution in [1.29, 1.82) is 0 Å². The van der Waals surface area contributed by atoms with Gasteiger partial charge in [0.1, 0.15) is 5.75 Å². The summed E-state index contributed by atoms with van der Waals surface area (Å²) in [6, 6.07) is 17.3. The Kier molecular flexibility index (Phi) is 7.17. The Morgan fingerprint density at radius 2 is 1.62 bits per heavy atom. The lowest BCUT2D eigenvalue weighted by Gasteiger charge is -2.34. The number of thiophene rings is 1. The fourth-order valence-corrected chi connectivity index (χ4v) is 4.65.